The molecular weight excluding hydrogens is 481 g/mol. The van der Waals surface area contributed by atoms with E-state index in [1.807, 2.05) is 12.2 Å². The van der Waals surface area contributed by atoms with Crippen LogP contribution in [0.5, 0.6) is 5.75 Å². The van der Waals surface area contributed by atoms with Crippen molar-refractivity contribution in [2.24, 2.45) is 0 Å². The summed E-state index contributed by atoms with van der Waals surface area (Å²) >= 11 is 0. The Balaban J connectivity index is 1.43. The van der Waals surface area contributed by atoms with E-state index in [0.29, 0.717) is 24.1 Å². The van der Waals surface area contributed by atoms with Gasteiger partial charge in [-0.05, 0) is 61.5 Å². The number of nitrogens with one attached hydrogen (secondary N) is 1. The number of hydrogen-bond acceptors (Lipinski definition) is 6. The second-order valence-corrected chi connectivity index (χ2v) is 7.48. The molecule has 1 aliphatic heterocycles. The third-order valence-electron chi connectivity index (χ3n) is 5.17. The fourth-order valence-corrected chi connectivity index (χ4v) is 3.48. The van der Waals surface area contributed by atoms with Crippen molar-refractivity contribution in [1.82, 2.24) is 0 Å². The van der Waals surface area contributed by atoms with Gasteiger partial charge in [0.25, 0.3) is 17.7 Å². The lowest BCUT2D eigenvalue weighted by Crippen LogP contribution is -2.29. The number of halogens is 3. The molecule has 11 heteroatoms. The summed E-state index contributed by atoms with van der Waals surface area (Å²) in [5.74, 6) is -7.47. The van der Waals surface area contributed by atoms with Gasteiger partial charge in [0.15, 0.2) is 24.1 Å². The van der Waals surface area contributed by atoms with Crippen LogP contribution in [0.1, 0.15) is 38.0 Å². The van der Waals surface area contributed by atoms with Gasteiger partial charge >= 0.3 is 5.97 Å². The number of benzene rings is 3. The van der Waals surface area contributed by atoms with Crippen LogP contribution in [0, 0.1) is 17.5 Å². The second-order valence-electron chi connectivity index (χ2n) is 7.48. The van der Waals surface area contributed by atoms with Gasteiger partial charge in [0.1, 0.15) is 5.75 Å². The van der Waals surface area contributed by atoms with Crippen LogP contribution >= 0.6 is 0 Å². The van der Waals surface area contributed by atoms with Crippen molar-refractivity contribution in [3.8, 4) is 5.75 Å². The van der Waals surface area contributed by atoms with Crippen LogP contribution in [0.15, 0.2) is 54.6 Å². The van der Waals surface area contributed by atoms with E-state index >= 15 is 0 Å². The quantitative estimate of drug-likeness (QED) is 0.299. The van der Waals surface area contributed by atoms with Crippen molar-refractivity contribution in [1.29, 1.82) is 0 Å². The number of rotatable bonds is 7. The Morgan fingerprint density at radius 1 is 0.889 bits per heavy atom. The molecule has 0 fully saturated rings. The maximum absolute atomic E-state index is 13.7. The maximum atomic E-state index is 13.7. The van der Waals surface area contributed by atoms with Gasteiger partial charge in [-0.1, -0.05) is 0 Å². The number of carbonyl (C=O) groups is 4. The van der Waals surface area contributed by atoms with E-state index in [9.17, 15) is 32.3 Å². The average molecular weight is 498 g/mol. The highest BCUT2D eigenvalue weighted by atomic mass is 19.2. The van der Waals surface area contributed by atoms with Gasteiger partial charge in [-0.15, -0.1) is 0 Å². The summed E-state index contributed by atoms with van der Waals surface area (Å²) < 4.78 is 50.2. The molecule has 0 radical (unpaired) electrons. The molecule has 184 valence electrons. The average Bonchev–Trinajstić information content (AvgIpc) is 3.13. The smallest absolute Gasteiger partial charge is 0.338 e. The number of carbonyl (C=O) groups excluding carboxylic acids is 4. The highest BCUT2D eigenvalue weighted by Gasteiger charge is 2.37. The van der Waals surface area contributed by atoms with Crippen LogP contribution in [-0.2, 0) is 9.53 Å². The van der Waals surface area contributed by atoms with E-state index < -0.39 is 53.4 Å². The third-order valence-corrected chi connectivity index (χ3v) is 5.17. The first-order valence-corrected chi connectivity index (χ1v) is 10.6. The monoisotopic (exact) mass is 498 g/mol. The molecule has 0 aliphatic carbocycles. The fourth-order valence-electron chi connectivity index (χ4n) is 3.48. The largest absolute Gasteiger partial charge is 0.494 e. The molecule has 0 saturated carbocycles. The predicted octanol–water partition coefficient (Wildman–Crippen LogP) is 4.10. The molecular formula is C25H17F3N2O6. The molecule has 1 heterocycles. The number of fused-ring (bicyclic) bond motifs is 1. The molecule has 0 aromatic heterocycles. The topological polar surface area (TPSA) is 102 Å². The van der Waals surface area contributed by atoms with Gasteiger partial charge in [0.05, 0.1) is 34.7 Å². The lowest BCUT2D eigenvalue weighted by Gasteiger charge is -2.14. The van der Waals surface area contributed by atoms with Crippen LogP contribution in [-0.4, -0.2) is 36.9 Å². The lowest BCUT2D eigenvalue weighted by molar-refractivity contribution is -0.119. The number of hydrogen-bond donors (Lipinski definition) is 1. The standard InChI is InChI=1S/C25H17F3N2O6/c1-2-35-15-6-4-14(5-7-15)30-23(32)16-8-3-13(11-17(16)24(30)33)25(34)36-12-20(31)29-19-10-9-18(26)21(27)22(19)28/h3-11H,2,12H2,1H3,(H,29,31). The van der Waals surface area contributed by atoms with Crippen molar-refractivity contribution in [3.05, 3.63) is 88.7 Å². The minimum Gasteiger partial charge on any atom is -0.494 e. The zero-order valence-electron chi connectivity index (χ0n) is 18.6. The number of esters is 1. The van der Waals surface area contributed by atoms with E-state index in [1.165, 1.54) is 18.2 Å². The maximum Gasteiger partial charge on any atom is 0.338 e. The van der Waals surface area contributed by atoms with E-state index in [-0.39, 0.29) is 16.7 Å². The normalized spacial score (nSPS) is 12.4. The van der Waals surface area contributed by atoms with Gasteiger partial charge in [0.2, 0.25) is 0 Å². The summed E-state index contributed by atoms with van der Waals surface area (Å²) in [6.07, 6.45) is 0. The number of imide groups is 1. The van der Waals surface area contributed by atoms with Crippen LogP contribution < -0.4 is 15.0 Å². The van der Waals surface area contributed by atoms with Crippen molar-refractivity contribution in [3.63, 3.8) is 0 Å². The van der Waals surface area contributed by atoms with Gasteiger partial charge in [-0.3, -0.25) is 14.4 Å². The number of nitrogens with zero attached hydrogens (tertiary/aromatic N) is 1. The molecule has 0 spiro atoms. The summed E-state index contributed by atoms with van der Waals surface area (Å²) in [7, 11) is 0. The highest BCUT2D eigenvalue weighted by molar-refractivity contribution is 6.34. The van der Waals surface area contributed by atoms with Gasteiger partial charge in [0, 0.05) is 0 Å². The Hall–Kier alpha value is -4.67. The molecule has 0 bridgehead atoms. The molecule has 1 N–H and O–H groups in total. The zero-order valence-corrected chi connectivity index (χ0v) is 18.6. The van der Waals surface area contributed by atoms with Gasteiger partial charge < -0.3 is 14.8 Å². The molecule has 3 aromatic rings. The molecule has 36 heavy (non-hydrogen) atoms. The first-order chi connectivity index (χ1) is 17.2. The van der Waals surface area contributed by atoms with E-state index in [0.717, 1.165) is 11.0 Å². The Labute approximate surface area is 202 Å². The Kier molecular flexibility index (Phi) is 6.73. The van der Waals surface area contributed by atoms with Crippen LogP contribution in [0.2, 0.25) is 0 Å². The summed E-state index contributed by atoms with van der Waals surface area (Å²) in [5.41, 5.74) is -0.384. The molecule has 3 amide bonds. The van der Waals surface area contributed by atoms with E-state index in [1.54, 1.807) is 24.3 Å². The summed E-state index contributed by atoms with van der Waals surface area (Å²) in [6.45, 7) is 1.40. The SMILES string of the molecule is CCOc1ccc(N2C(=O)c3ccc(C(=O)OCC(=O)Nc4ccc(F)c(F)c4F)cc3C2=O)cc1. The van der Waals surface area contributed by atoms with Crippen molar-refractivity contribution < 1.29 is 41.8 Å². The molecule has 0 unspecified atom stereocenters. The Bertz CT molecular complexity index is 1390. The molecule has 3 aromatic carbocycles. The first kappa shape index (κ1) is 24.5. The number of ether oxygens (including phenoxy) is 2. The third kappa shape index (κ3) is 4.63. The van der Waals surface area contributed by atoms with Crippen molar-refractivity contribution in [2.75, 3.05) is 23.4 Å². The van der Waals surface area contributed by atoms with Crippen LogP contribution in [0.25, 0.3) is 0 Å². The van der Waals surface area contributed by atoms with E-state index in [2.05, 4.69) is 0 Å². The summed E-state index contributed by atoms with van der Waals surface area (Å²) in [6, 6.07) is 11.5. The highest BCUT2D eigenvalue weighted by Crippen LogP contribution is 2.30. The number of amides is 3. The molecule has 8 nitrogen and oxygen atoms in total. The molecule has 0 atom stereocenters. The zero-order chi connectivity index (χ0) is 26.0. The van der Waals surface area contributed by atoms with Gasteiger partial charge in [-0.2, -0.15) is 0 Å². The minimum atomic E-state index is -1.76. The summed E-state index contributed by atoms with van der Waals surface area (Å²) in [4.78, 5) is 51.0. The molecule has 1 aliphatic rings. The first-order valence-electron chi connectivity index (χ1n) is 10.6. The Morgan fingerprint density at radius 3 is 2.28 bits per heavy atom. The summed E-state index contributed by atoms with van der Waals surface area (Å²) in [5, 5.41) is 1.96. The second kappa shape index (κ2) is 9.90. The minimum absolute atomic E-state index is 0.0309. The van der Waals surface area contributed by atoms with Crippen molar-refractivity contribution in [2.45, 2.75) is 6.92 Å². The lowest BCUT2D eigenvalue weighted by atomic mass is 10.1. The van der Waals surface area contributed by atoms with E-state index in [4.69, 9.17) is 9.47 Å². The van der Waals surface area contributed by atoms with Gasteiger partial charge in [-0.25, -0.2) is 22.9 Å². The van der Waals surface area contributed by atoms with Crippen molar-refractivity contribution >= 4 is 35.1 Å². The van der Waals surface area contributed by atoms with Crippen LogP contribution in [0.4, 0.5) is 24.5 Å². The number of anilines is 2. The molecule has 4 rings (SSSR count). The van der Waals surface area contributed by atoms with Crippen LogP contribution in [0.3, 0.4) is 0 Å². The Morgan fingerprint density at radius 2 is 1.58 bits per heavy atom. The predicted molar refractivity (Wildman–Crippen MR) is 120 cm³/mol. The fraction of sp³-hybridized carbons (Fsp3) is 0.120. The molecule has 0 saturated heterocycles.